The van der Waals surface area contributed by atoms with Gasteiger partial charge in [0.2, 0.25) is 0 Å². The molecule has 0 radical (unpaired) electrons. The van der Waals surface area contributed by atoms with E-state index < -0.39 is 0 Å². The van der Waals surface area contributed by atoms with Gasteiger partial charge in [0.1, 0.15) is 0 Å². The van der Waals surface area contributed by atoms with E-state index in [1.807, 2.05) is 12.3 Å². The van der Waals surface area contributed by atoms with Crippen LogP contribution in [0.5, 0.6) is 0 Å². The summed E-state index contributed by atoms with van der Waals surface area (Å²) in [5, 5.41) is 0. The van der Waals surface area contributed by atoms with Crippen molar-refractivity contribution < 1.29 is 0 Å². The van der Waals surface area contributed by atoms with Crippen molar-refractivity contribution in [3.8, 4) is 11.1 Å². The van der Waals surface area contributed by atoms with E-state index in [2.05, 4.69) is 40.2 Å². The van der Waals surface area contributed by atoms with Crippen LogP contribution in [0.2, 0.25) is 0 Å². The van der Waals surface area contributed by atoms with Gasteiger partial charge in [0.15, 0.2) is 0 Å². The second-order valence-corrected chi connectivity index (χ2v) is 4.45. The van der Waals surface area contributed by atoms with Crippen molar-refractivity contribution in [2.75, 3.05) is 18.0 Å². The first kappa shape index (κ1) is 10.3. The molecule has 1 aromatic carbocycles. The largest absolute Gasteiger partial charge is 0.368 e. The molecule has 0 spiro atoms. The van der Waals surface area contributed by atoms with Gasteiger partial charge in [-0.05, 0) is 29.3 Å². The fourth-order valence-corrected chi connectivity index (χ4v) is 2.12. The Hall–Kier alpha value is -1.87. The zero-order valence-electron chi connectivity index (χ0n) is 9.58. The van der Waals surface area contributed by atoms with Crippen molar-refractivity contribution in [3.63, 3.8) is 0 Å². The highest BCUT2D eigenvalue weighted by atomic mass is 15.2. The van der Waals surface area contributed by atoms with Gasteiger partial charge in [-0.3, -0.25) is 4.98 Å². The van der Waals surface area contributed by atoms with Crippen molar-refractivity contribution >= 4 is 5.69 Å². The fraction of sp³-hybridized carbons (Fsp3) is 0.214. The third-order valence-corrected chi connectivity index (χ3v) is 3.14. The number of pyridine rings is 1. The standard InChI is InChI=1S/C14H15N3/c15-13-9-17(10-13)14-5-3-11(4-6-14)12-2-1-7-16-8-12/h1-8,13H,9-10,15H2. The molecular formula is C14H15N3. The van der Waals surface area contributed by atoms with Gasteiger partial charge in [0.25, 0.3) is 0 Å². The van der Waals surface area contributed by atoms with Gasteiger partial charge in [0.05, 0.1) is 0 Å². The Morgan fingerprint density at radius 3 is 2.41 bits per heavy atom. The summed E-state index contributed by atoms with van der Waals surface area (Å²) in [6.07, 6.45) is 3.67. The van der Waals surface area contributed by atoms with E-state index in [4.69, 9.17) is 5.73 Å². The van der Waals surface area contributed by atoms with Crippen molar-refractivity contribution in [2.45, 2.75) is 6.04 Å². The van der Waals surface area contributed by atoms with Crippen LogP contribution in [0.1, 0.15) is 0 Å². The zero-order valence-corrected chi connectivity index (χ0v) is 9.58. The van der Waals surface area contributed by atoms with Crippen LogP contribution >= 0.6 is 0 Å². The van der Waals surface area contributed by atoms with E-state index >= 15 is 0 Å². The van der Waals surface area contributed by atoms with Gasteiger partial charge in [-0.25, -0.2) is 0 Å². The SMILES string of the molecule is NC1CN(c2ccc(-c3cccnc3)cc2)C1. The second-order valence-electron chi connectivity index (χ2n) is 4.45. The molecule has 0 bridgehead atoms. The number of rotatable bonds is 2. The van der Waals surface area contributed by atoms with Crippen LogP contribution < -0.4 is 10.6 Å². The maximum atomic E-state index is 5.78. The molecule has 3 nitrogen and oxygen atoms in total. The Bertz CT molecular complexity index is 487. The zero-order chi connectivity index (χ0) is 11.7. The summed E-state index contributed by atoms with van der Waals surface area (Å²) in [7, 11) is 0. The van der Waals surface area contributed by atoms with Crippen molar-refractivity contribution in [2.24, 2.45) is 5.73 Å². The third-order valence-electron chi connectivity index (χ3n) is 3.14. The number of hydrogen-bond donors (Lipinski definition) is 1. The van der Waals surface area contributed by atoms with Crippen molar-refractivity contribution in [1.82, 2.24) is 4.98 Å². The molecular weight excluding hydrogens is 210 g/mol. The van der Waals surface area contributed by atoms with Crippen molar-refractivity contribution in [1.29, 1.82) is 0 Å². The van der Waals surface area contributed by atoms with Crippen LogP contribution in [-0.4, -0.2) is 24.1 Å². The Morgan fingerprint density at radius 2 is 1.82 bits per heavy atom. The summed E-state index contributed by atoms with van der Waals surface area (Å²) in [5.41, 5.74) is 9.38. The molecule has 0 atom stereocenters. The molecule has 1 aliphatic heterocycles. The minimum atomic E-state index is 0.341. The van der Waals surface area contributed by atoms with Crippen molar-refractivity contribution in [3.05, 3.63) is 48.8 Å². The summed E-state index contributed by atoms with van der Waals surface area (Å²) in [4.78, 5) is 6.42. The molecule has 0 aliphatic carbocycles. The topological polar surface area (TPSA) is 42.1 Å². The van der Waals surface area contributed by atoms with E-state index in [-0.39, 0.29) is 0 Å². The van der Waals surface area contributed by atoms with Crippen LogP contribution in [0.3, 0.4) is 0 Å². The Kier molecular flexibility index (Phi) is 2.53. The van der Waals surface area contributed by atoms with Gasteiger partial charge in [-0.15, -0.1) is 0 Å². The molecule has 17 heavy (non-hydrogen) atoms. The first-order chi connectivity index (χ1) is 8.33. The number of hydrogen-bond acceptors (Lipinski definition) is 3. The lowest BCUT2D eigenvalue weighted by Gasteiger charge is -2.38. The molecule has 1 aromatic heterocycles. The number of anilines is 1. The maximum Gasteiger partial charge on any atom is 0.0395 e. The van der Waals surface area contributed by atoms with E-state index in [1.165, 1.54) is 11.3 Å². The lowest BCUT2D eigenvalue weighted by molar-refractivity contribution is 0.519. The molecule has 0 saturated carbocycles. The normalized spacial score (nSPS) is 15.7. The van der Waals surface area contributed by atoms with Gasteiger partial charge in [0, 0.05) is 37.2 Å². The molecule has 2 N–H and O–H groups in total. The predicted molar refractivity (Wildman–Crippen MR) is 69.9 cm³/mol. The number of nitrogens with two attached hydrogens (primary N) is 1. The average Bonchev–Trinajstić information content (AvgIpc) is 2.36. The Labute approximate surface area is 101 Å². The van der Waals surface area contributed by atoms with Crippen LogP contribution in [-0.2, 0) is 0 Å². The molecule has 0 amide bonds. The minimum absolute atomic E-state index is 0.341. The van der Waals surface area contributed by atoms with Gasteiger partial charge in [-0.1, -0.05) is 18.2 Å². The molecule has 1 fully saturated rings. The molecule has 0 unspecified atom stereocenters. The molecule has 86 valence electrons. The summed E-state index contributed by atoms with van der Waals surface area (Å²) in [6.45, 7) is 1.93. The maximum absolute atomic E-state index is 5.78. The fourth-order valence-electron chi connectivity index (χ4n) is 2.12. The quantitative estimate of drug-likeness (QED) is 0.848. The van der Waals surface area contributed by atoms with E-state index in [0.717, 1.165) is 18.7 Å². The average molecular weight is 225 g/mol. The summed E-state index contributed by atoms with van der Waals surface area (Å²) in [5.74, 6) is 0. The molecule has 3 rings (SSSR count). The Morgan fingerprint density at radius 1 is 1.06 bits per heavy atom. The van der Waals surface area contributed by atoms with Crippen LogP contribution in [0, 0.1) is 0 Å². The van der Waals surface area contributed by atoms with E-state index in [9.17, 15) is 0 Å². The summed E-state index contributed by atoms with van der Waals surface area (Å²) < 4.78 is 0. The Balaban J connectivity index is 1.81. The first-order valence-electron chi connectivity index (χ1n) is 5.84. The van der Waals surface area contributed by atoms with Gasteiger partial charge in [-0.2, -0.15) is 0 Å². The van der Waals surface area contributed by atoms with E-state index in [0.29, 0.717) is 6.04 Å². The highest BCUT2D eigenvalue weighted by Gasteiger charge is 2.22. The molecule has 1 aliphatic rings. The second kappa shape index (κ2) is 4.18. The predicted octanol–water partition coefficient (Wildman–Crippen LogP) is 1.90. The van der Waals surface area contributed by atoms with Crippen LogP contribution in [0.25, 0.3) is 11.1 Å². The third kappa shape index (κ3) is 2.01. The summed E-state index contributed by atoms with van der Waals surface area (Å²) in [6, 6.07) is 12.9. The lowest BCUT2D eigenvalue weighted by Crippen LogP contribution is -2.55. The molecule has 3 heteroatoms. The van der Waals surface area contributed by atoms with Crippen LogP contribution in [0.4, 0.5) is 5.69 Å². The van der Waals surface area contributed by atoms with Gasteiger partial charge >= 0.3 is 0 Å². The molecule has 2 heterocycles. The highest BCUT2D eigenvalue weighted by molar-refractivity contribution is 5.65. The van der Waals surface area contributed by atoms with Crippen LogP contribution in [0.15, 0.2) is 48.8 Å². The minimum Gasteiger partial charge on any atom is -0.368 e. The smallest absolute Gasteiger partial charge is 0.0395 e. The molecule has 2 aromatic rings. The first-order valence-corrected chi connectivity index (χ1v) is 5.84. The highest BCUT2D eigenvalue weighted by Crippen LogP contribution is 2.24. The number of nitrogens with zero attached hydrogens (tertiary/aromatic N) is 2. The monoisotopic (exact) mass is 225 g/mol. The molecule has 1 saturated heterocycles. The number of benzene rings is 1. The van der Waals surface area contributed by atoms with E-state index in [1.54, 1.807) is 6.20 Å². The number of aromatic nitrogens is 1. The summed E-state index contributed by atoms with van der Waals surface area (Å²) >= 11 is 0. The van der Waals surface area contributed by atoms with Gasteiger partial charge < -0.3 is 10.6 Å². The lowest BCUT2D eigenvalue weighted by atomic mass is 10.0.